The third-order valence-electron chi connectivity index (χ3n) is 1.95. The molecule has 0 aromatic carbocycles. The first kappa shape index (κ1) is 12.4. The molecule has 0 saturated carbocycles. The molecule has 1 aromatic rings. The Labute approximate surface area is 89.1 Å². The van der Waals surface area contributed by atoms with Gasteiger partial charge < -0.3 is 10.4 Å². The Morgan fingerprint density at radius 3 is 2.44 bits per heavy atom. The van der Waals surface area contributed by atoms with E-state index in [2.05, 4.69) is 10.3 Å². The number of aromatic carboxylic acids is 1. The Morgan fingerprint density at radius 1 is 1.50 bits per heavy atom. The van der Waals surface area contributed by atoms with Gasteiger partial charge >= 0.3 is 12.1 Å². The summed E-state index contributed by atoms with van der Waals surface area (Å²) in [5, 5.41) is 10.6. The molecule has 1 atom stereocenters. The number of carboxylic acid groups (broad SMARTS) is 1. The summed E-state index contributed by atoms with van der Waals surface area (Å²) < 4.78 is 37.4. The normalized spacial score (nSPS) is 13.5. The lowest BCUT2D eigenvalue weighted by molar-refractivity contribution is -0.156. The van der Waals surface area contributed by atoms with Crippen LogP contribution in [-0.4, -0.2) is 29.3 Å². The number of alkyl halides is 3. The van der Waals surface area contributed by atoms with Gasteiger partial charge in [0.2, 0.25) is 0 Å². The van der Waals surface area contributed by atoms with Gasteiger partial charge in [0.15, 0.2) is 0 Å². The molecule has 2 N–H and O–H groups in total. The van der Waals surface area contributed by atoms with Gasteiger partial charge in [0.05, 0.1) is 0 Å². The molecule has 0 amide bonds. The minimum atomic E-state index is -4.44. The number of hydrogen-bond donors (Lipinski definition) is 2. The number of halogens is 3. The van der Waals surface area contributed by atoms with E-state index in [0.29, 0.717) is 0 Å². The number of nitrogens with one attached hydrogen (secondary N) is 1. The van der Waals surface area contributed by atoms with Gasteiger partial charge in [-0.3, -0.25) is 0 Å². The summed E-state index contributed by atoms with van der Waals surface area (Å²) in [6.45, 7) is 0. The maximum atomic E-state index is 12.5. The molecule has 0 aliphatic heterocycles. The number of aromatic nitrogens is 1. The third kappa shape index (κ3) is 2.69. The molecule has 16 heavy (non-hydrogen) atoms. The summed E-state index contributed by atoms with van der Waals surface area (Å²) in [5.74, 6) is -1.28. The summed E-state index contributed by atoms with van der Waals surface area (Å²) >= 11 is 0. The van der Waals surface area contributed by atoms with Crippen LogP contribution in [-0.2, 0) is 0 Å². The van der Waals surface area contributed by atoms with Crippen molar-refractivity contribution >= 4 is 5.97 Å². The molecular weight excluding hydrogens is 225 g/mol. The Kier molecular flexibility index (Phi) is 3.48. The van der Waals surface area contributed by atoms with E-state index in [9.17, 15) is 18.0 Å². The molecule has 0 aliphatic carbocycles. The smallest absolute Gasteiger partial charge is 0.407 e. The monoisotopic (exact) mass is 234 g/mol. The molecule has 7 heteroatoms. The van der Waals surface area contributed by atoms with E-state index >= 15 is 0 Å². The van der Waals surface area contributed by atoms with Crippen molar-refractivity contribution in [3.05, 3.63) is 29.6 Å². The largest absolute Gasteiger partial charge is 0.477 e. The highest BCUT2D eigenvalue weighted by Crippen LogP contribution is 2.31. The zero-order chi connectivity index (χ0) is 12.3. The van der Waals surface area contributed by atoms with Crippen LogP contribution >= 0.6 is 0 Å². The van der Waals surface area contributed by atoms with Crippen LogP contribution in [0.4, 0.5) is 13.2 Å². The first-order valence-electron chi connectivity index (χ1n) is 4.29. The molecule has 88 valence electrons. The molecule has 0 spiro atoms. The van der Waals surface area contributed by atoms with Crippen molar-refractivity contribution in [2.45, 2.75) is 12.2 Å². The van der Waals surface area contributed by atoms with Gasteiger partial charge in [-0.05, 0) is 18.7 Å². The van der Waals surface area contributed by atoms with Crippen LogP contribution < -0.4 is 5.32 Å². The van der Waals surface area contributed by atoms with E-state index in [0.717, 1.165) is 18.3 Å². The fourth-order valence-electron chi connectivity index (χ4n) is 1.22. The minimum absolute atomic E-state index is 0.125. The quantitative estimate of drug-likeness (QED) is 0.833. The predicted molar refractivity (Wildman–Crippen MR) is 49.1 cm³/mol. The lowest BCUT2D eigenvalue weighted by atomic mass is 10.1. The highest BCUT2D eigenvalue weighted by molar-refractivity contribution is 5.85. The van der Waals surface area contributed by atoms with Crippen molar-refractivity contribution in [1.82, 2.24) is 10.3 Å². The van der Waals surface area contributed by atoms with Gasteiger partial charge in [0.1, 0.15) is 11.7 Å². The highest BCUT2D eigenvalue weighted by atomic mass is 19.4. The van der Waals surface area contributed by atoms with E-state index < -0.39 is 18.2 Å². The maximum Gasteiger partial charge on any atom is 0.407 e. The SMILES string of the molecule is CNC(c1ccc(C(=O)O)nc1)C(F)(F)F. The van der Waals surface area contributed by atoms with Gasteiger partial charge in [-0.1, -0.05) is 6.07 Å². The van der Waals surface area contributed by atoms with E-state index in [1.165, 1.54) is 7.05 Å². The standard InChI is InChI=1S/C9H9F3N2O2/c1-13-7(9(10,11)12)5-2-3-6(8(15)16)14-4-5/h2-4,7,13H,1H3,(H,15,16). The average molecular weight is 234 g/mol. The van der Waals surface area contributed by atoms with Crippen molar-refractivity contribution in [3.63, 3.8) is 0 Å². The molecule has 1 heterocycles. The zero-order valence-corrected chi connectivity index (χ0v) is 8.25. The van der Waals surface area contributed by atoms with Crippen LogP contribution in [0.3, 0.4) is 0 Å². The lowest BCUT2D eigenvalue weighted by Crippen LogP contribution is -2.31. The second-order valence-corrected chi connectivity index (χ2v) is 3.05. The third-order valence-corrected chi connectivity index (χ3v) is 1.95. The van der Waals surface area contributed by atoms with Crippen LogP contribution in [0.25, 0.3) is 0 Å². The van der Waals surface area contributed by atoms with Crippen LogP contribution in [0.5, 0.6) is 0 Å². The summed E-state index contributed by atoms with van der Waals surface area (Å²) in [5.41, 5.74) is -0.416. The van der Waals surface area contributed by atoms with E-state index in [1.54, 1.807) is 0 Å². The molecule has 0 fully saturated rings. The van der Waals surface area contributed by atoms with Crippen molar-refractivity contribution in [3.8, 4) is 0 Å². The molecule has 0 radical (unpaired) electrons. The Bertz CT molecular complexity index is 375. The number of rotatable bonds is 3. The first-order valence-corrected chi connectivity index (χ1v) is 4.29. The zero-order valence-electron chi connectivity index (χ0n) is 8.25. The Hall–Kier alpha value is -1.63. The number of pyridine rings is 1. The molecule has 1 aromatic heterocycles. The Morgan fingerprint density at radius 2 is 2.12 bits per heavy atom. The summed E-state index contributed by atoms with van der Waals surface area (Å²) in [4.78, 5) is 13.9. The van der Waals surface area contributed by atoms with Crippen molar-refractivity contribution in [2.75, 3.05) is 7.05 Å². The van der Waals surface area contributed by atoms with Crippen molar-refractivity contribution in [1.29, 1.82) is 0 Å². The molecule has 4 nitrogen and oxygen atoms in total. The van der Waals surface area contributed by atoms with Crippen LogP contribution in [0, 0.1) is 0 Å². The molecule has 1 rings (SSSR count). The topological polar surface area (TPSA) is 62.2 Å². The van der Waals surface area contributed by atoms with Crippen LogP contribution in [0.2, 0.25) is 0 Å². The lowest BCUT2D eigenvalue weighted by Gasteiger charge is -2.19. The van der Waals surface area contributed by atoms with E-state index in [1.807, 2.05) is 0 Å². The maximum absolute atomic E-state index is 12.5. The molecular formula is C9H9F3N2O2. The fraction of sp³-hybridized carbons (Fsp3) is 0.333. The van der Waals surface area contributed by atoms with Gasteiger partial charge in [0.25, 0.3) is 0 Å². The fourth-order valence-corrected chi connectivity index (χ4v) is 1.22. The number of nitrogens with zero attached hydrogens (tertiary/aromatic N) is 1. The van der Waals surface area contributed by atoms with E-state index in [4.69, 9.17) is 5.11 Å². The highest BCUT2D eigenvalue weighted by Gasteiger charge is 2.39. The Balaban J connectivity index is 3.00. The average Bonchev–Trinajstić information content (AvgIpc) is 2.17. The number of carboxylic acids is 1. The number of hydrogen-bond acceptors (Lipinski definition) is 3. The second kappa shape index (κ2) is 4.48. The molecule has 0 bridgehead atoms. The van der Waals surface area contributed by atoms with Gasteiger partial charge in [-0.25, -0.2) is 9.78 Å². The van der Waals surface area contributed by atoms with Crippen LogP contribution in [0.1, 0.15) is 22.1 Å². The van der Waals surface area contributed by atoms with Gasteiger partial charge in [-0.2, -0.15) is 13.2 Å². The molecule has 0 aliphatic rings. The predicted octanol–water partition coefficient (Wildman–Crippen LogP) is 1.60. The molecule has 1 unspecified atom stereocenters. The number of carbonyl (C=O) groups is 1. The van der Waals surface area contributed by atoms with Crippen molar-refractivity contribution < 1.29 is 23.1 Å². The second-order valence-electron chi connectivity index (χ2n) is 3.05. The van der Waals surface area contributed by atoms with Crippen molar-refractivity contribution in [2.24, 2.45) is 0 Å². The molecule has 0 saturated heterocycles. The van der Waals surface area contributed by atoms with Crippen LogP contribution in [0.15, 0.2) is 18.3 Å². The van der Waals surface area contributed by atoms with E-state index in [-0.39, 0.29) is 11.3 Å². The summed E-state index contributed by atoms with van der Waals surface area (Å²) in [7, 11) is 1.17. The summed E-state index contributed by atoms with van der Waals surface area (Å²) in [6, 6.07) is 0.279. The summed E-state index contributed by atoms with van der Waals surface area (Å²) in [6.07, 6.45) is -3.54. The first-order chi connectivity index (χ1) is 7.36. The van der Waals surface area contributed by atoms with Gasteiger partial charge in [0, 0.05) is 6.20 Å². The minimum Gasteiger partial charge on any atom is -0.477 e. The van der Waals surface area contributed by atoms with Gasteiger partial charge in [-0.15, -0.1) is 0 Å².